The first-order chi connectivity index (χ1) is 11.6. The maximum Gasteiger partial charge on any atom is 0.187 e. The van der Waals surface area contributed by atoms with Gasteiger partial charge in [-0.25, -0.2) is 0 Å². The number of nitriles is 3. The summed E-state index contributed by atoms with van der Waals surface area (Å²) in [6.07, 6.45) is 9.12. The Morgan fingerprint density at radius 1 is 1.25 bits per heavy atom. The van der Waals surface area contributed by atoms with Gasteiger partial charge in [-0.15, -0.1) is 0 Å². The van der Waals surface area contributed by atoms with Crippen molar-refractivity contribution in [3.63, 3.8) is 0 Å². The van der Waals surface area contributed by atoms with Gasteiger partial charge in [0.2, 0.25) is 0 Å². The van der Waals surface area contributed by atoms with Gasteiger partial charge in [-0.1, -0.05) is 18.2 Å². The Labute approximate surface area is 142 Å². The molecule has 1 aliphatic heterocycles. The van der Waals surface area contributed by atoms with Gasteiger partial charge in [-0.3, -0.25) is 0 Å². The number of rotatable bonds is 1. The van der Waals surface area contributed by atoms with E-state index in [1.807, 2.05) is 13.1 Å². The maximum atomic E-state index is 9.94. The molecule has 0 fully saturated rings. The van der Waals surface area contributed by atoms with Crippen molar-refractivity contribution in [2.45, 2.75) is 19.3 Å². The Morgan fingerprint density at radius 2 is 2.00 bits per heavy atom. The van der Waals surface area contributed by atoms with Gasteiger partial charge in [0, 0.05) is 24.9 Å². The second-order valence-corrected chi connectivity index (χ2v) is 6.99. The quantitative estimate of drug-likeness (QED) is 0.747. The van der Waals surface area contributed by atoms with Crippen LogP contribution in [0.1, 0.15) is 19.3 Å². The molecule has 3 aliphatic rings. The molecule has 0 unspecified atom stereocenters. The fourth-order valence-electron chi connectivity index (χ4n) is 4.59. The second kappa shape index (κ2) is 6.16. The molecule has 5 nitrogen and oxygen atoms in total. The molecular weight excluding hydrogens is 298 g/mol. The highest BCUT2D eigenvalue weighted by Crippen LogP contribution is 2.54. The molecule has 3 rings (SSSR count). The molecule has 0 bridgehead atoms. The van der Waals surface area contributed by atoms with Gasteiger partial charge < -0.3 is 10.6 Å². The maximum absolute atomic E-state index is 9.94. The van der Waals surface area contributed by atoms with E-state index >= 15 is 0 Å². The number of likely N-dealkylation sites (N-methyl/N-ethyl adjacent to an activating group) is 1. The van der Waals surface area contributed by atoms with E-state index < -0.39 is 5.41 Å². The topological polar surface area (TPSA) is 101 Å². The van der Waals surface area contributed by atoms with E-state index in [2.05, 4.69) is 35.3 Å². The molecular formula is C19H21N5. The predicted molar refractivity (Wildman–Crippen MR) is 89.5 cm³/mol. The zero-order valence-corrected chi connectivity index (χ0v) is 13.9. The molecule has 0 aromatic carbocycles. The van der Waals surface area contributed by atoms with Crippen molar-refractivity contribution in [1.82, 2.24) is 4.90 Å². The zero-order chi connectivity index (χ0) is 17.3. The van der Waals surface area contributed by atoms with Gasteiger partial charge >= 0.3 is 0 Å². The normalized spacial score (nSPS) is 32.1. The zero-order valence-electron chi connectivity index (χ0n) is 13.9. The van der Waals surface area contributed by atoms with Gasteiger partial charge in [0.15, 0.2) is 5.41 Å². The Balaban J connectivity index is 2.22. The minimum atomic E-state index is -1.42. The van der Waals surface area contributed by atoms with Crippen LogP contribution < -0.4 is 5.73 Å². The minimum Gasteiger partial charge on any atom is -0.399 e. The summed E-state index contributed by atoms with van der Waals surface area (Å²) in [5.74, 6) is 0.0537. The summed E-state index contributed by atoms with van der Waals surface area (Å²) in [5.41, 5.74) is 6.29. The number of hydrogen-bond donors (Lipinski definition) is 1. The molecule has 0 saturated carbocycles. The molecule has 0 saturated heterocycles. The number of allylic oxidation sites excluding steroid dienone is 4. The van der Waals surface area contributed by atoms with Crippen molar-refractivity contribution in [3.8, 4) is 18.2 Å². The van der Waals surface area contributed by atoms with Crippen molar-refractivity contribution in [3.05, 3.63) is 35.1 Å². The number of fused-ring (bicyclic) bond motifs is 1. The largest absolute Gasteiger partial charge is 0.399 e. The van der Waals surface area contributed by atoms with Crippen molar-refractivity contribution in [2.75, 3.05) is 20.1 Å². The van der Waals surface area contributed by atoms with E-state index in [-0.39, 0.29) is 23.5 Å². The van der Waals surface area contributed by atoms with Crippen LogP contribution in [-0.4, -0.2) is 25.0 Å². The highest BCUT2D eigenvalue weighted by Gasteiger charge is 2.55. The van der Waals surface area contributed by atoms with Gasteiger partial charge in [-0.05, 0) is 37.8 Å². The number of nitrogens with zero attached hydrogens (tertiary/aromatic N) is 4. The summed E-state index contributed by atoms with van der Waals surface area (Å²) >= 11 is 0. The van der Waals surface area contributed by atoms with Crippen LogP contribution in [0.5, 0.6) is 0 Å². The molecule has 0 amide bonds. The van der Waals surface area contributed by atoms with Crippen LogP contribution in [0.2, 0.25) is 0 Å². The van der Waals surface area contributed by atoms with Gasteiger partial charge in [0.1, 0.15) is 6.07 Å². The third-order valence-corrected chi connectivity index (χ3v) is 5.73. The Morgan fingerprint density at radius 3 is 2.58 bits per heavy atom. The molecule has 0 spiro atoms. The van der Waals surface area contributed by atoms with Crippen molar-refractivity contribution in [1.29, 1.82) is 15.8 Å². The minimum absolute atomic E-state index is 0.00139. The highest BCUT2D eigenvalue weighted by molar-refractivity contribution is 5.56. The van der Waals surface area contributed by atoms with E-state index in [0.717, 1.165) is 37.9 Å². The monoisotopic (exact) mass is 319 g/mol. The summed E-state index contributed by atoms with van der Waals surface area (Å²) in [6.45, 7) is 1.51. The lowest BCUT2D eigenvalue weighted by Crippen LogP contribution is -2.51. The van der Waals surface area contributed by atoms with E-state index in [1.54, 1.807) is 0 Å². The molecule has 122 valence electrons. The summed E-state index contributed by atoms with van der Waals surface area (Å²) < 4.78 is 0. The van der Waals surface area contributed by atoms with E-state index in [4.69, 9.17) is 5.73 Å². The molecule has 0 aromatic heterocycles. The SMILES string of the molecule is CN1CC=C2C(C#N)=C(N)C(C#N)(C#N)[C@H]([C@@H]3CC=CCC3)[C@H]2C1. The summed E-state index contributed by atoms with van der Waals surface area (Å²) in [4.78, 5) is 2.18. The van der Waals surface area contributed by atoms with Crippen LogP contribution in [0, 0.1) is 57.2 Å². The predicted octanol–water partition coefficient (Wildman–Crippen LogP) is 2.23. The van der Waals surface area contributed by atoms with E-state index in [1.165, 1.54) is 0 Å². The van der Waals surface area contributed by atoms with Crippen LogP contribution >= 0.6 is 0 Å². The van der Waals surface area contributed by atoms with Crippen molar-refractivity contribution in [2.24, 2.45) is 28.9 Å². The average molecular weight is 319 g/mol. The summed E-state index contributed by atoms with van der Waals surface area (Å²) in [6, 6.07) is 6.59. The van der Waals surface area contributed by atoms with Gasteiger partial charge in [0.25, 0.3) is 0 Å². The van der Waals surface area contributed by atoms with E-state index in [0.29, 0.717) is 5.57 Å². The fraction of sp³-hybridized carbons (Fsp3) is 0.526. The van der Waals surface area contributed by atoms with Crippen LogP contribution in [0.25, 0.3) is 0 Å². The second-order valence-electron chi connectivity index (χ2n) is 6.99. The lowest BCUT2D eigenvalue weighted by atomic mass is 9.55. The molecule has 1 heterocycles. The Bertz CT molecular complexity index is 738. The number of hydrogen-bond acceptors (Lipinski definition) is 5. The Kier molecular flexibility index (Phi) is 4.18. The third kappa shape index (κ3) is 2.23. The van der Waals surface area contributed by atoms with Crippen LogP contribution in [0.4, 0.5) is 0 Å². The highest BCUT2D eigenvalue weighted by atomic mass is 15.1. The molecule has 24 heavy (non-hydrogen) atoms. The first-order valence-corrected chi connectivity index (χ1v) is 8.35. The van der Waals surface area contributed by atoms with Gasteiger partial charge in [0.05, 0.1) is 23.4 Å². The molecule has 2 N–H and O–H groups in total. The molecule has 0 radical (unpaired) electrons. The molecule has 3 atom stereocenters. The van der Waals surface area contributed by atoms with Crippen LogP contribution in [0.3, 0.4) is 0 Å². The average Bonchev–Trinajstić information content (AvgIpc) is 2.62. The van der Waals surface area contributed by atoms with Crippen LogP contribution in [0.15, 0.2) is 35.1 Å². The lowest BCUT2D eigenvalue weighted by molar-refractivity contribution is 0.120. The first-order valence-electron chi connectivity index (χ1n) is 8.35. The van der Waals surface area contributed by atoms with Crippen LogP contribution in [-0.2, 0) is 0 Å². The fourth-order valence-corrected chi connectivity index (χ4v) is 4.59. The van der Waals surface area contributed by atoms with Crippen molar-refractivity contribution < 1.29 is 0 Å². The van der Waals surface area contributed by atoms with Crippen molar-refractivity contribution >= 4 is 0 Å². The molecule has 0 aromatic rings. The molecule has 2 aliphatic carbocycles. The first kappa shape index (κ1) is 16.3. The van der Waals surface area contributed by atoms with Gasteiger partial charge in [-0.2, -0.15) is 15.8 Å². The smallest absolute Gasteiger partial charge is 0.187 e. The Hall–Kier alpha value is -2.55. The standard InChI is InChI=1S/C19H21N5/c1-24-8-7-14-15(9-20)18(23)19(11-21,12-22)17(16(14)10-24)13-5-3-2-4-6-13/h2-3,7,13,16-17H,4-6,8,10,23H2,1H3/t13-,16+,17-/m1/s1. The third-order valence-electron chi connectivity index (χ3n) is 5.73. The lowest BCUT2D eigenvalue weighted by Gasteiger charge is -2.48. The van der Waals surface area contributed by atoms with E-state index in [9.17, 15) is 15.8 Å². The summed E-state index contributed by atoms with van der Waals surface area (Å²) in [7, 11) is 2.03. The molecule has 5 heteroatoms. The summed E-state index contributed by atoms with van der Waals surface area (Å²) in [5, 5.41) is 29.5. The number of nitrogens with two attached hydrogens (primary N) is 1.